The van der Waals surface area contributed by atoms with E-state index >= 15 is 0 Å². The molecule has 0 aliphatic carbocycles. The van der Waals surface area contributed by atoms with Crippen molar-refractivity contribution in [2.45, 2.75) is 18.7 Å². The summed E-state index contributed by atoms with van der Waals surface area (Å²) in [6, 6.07) is 13.0. The Labute approximate surface area is 188 Å². The van der Waals surface area contributed by atoms with Gasteiger partial charge in [-0.3, -0.25) is 4.79 Å². The molecule has 2 amide bonds. The fraction of sp³-hybridized carbons (Fsp3) is 0.364. The van der Waals surface area contributed by atoms with Crippen molar-refractivity contribution in [3.63, 3.8) is 0 Å². The molecule has 1 fully saturated rings. The average Bonchev–Trinajstić information content (AvgIpc) is 2.81. The summed E-state index contributed by atoms with van der Waals surface area (Å²) in [4.78, 5) is 26.0. The van der Waals surface area contributed by atoms with Crippen molar-refractivity contribution < 1.29 is 27.5 Å². The van der Waals surface area contributed by atoms with Crippen LogP contribution in [0.1, 0.15) is 24.2 Å². The minimum Gasteiger partial charge on any atom is -0.492 e. The number of carbonyl (C=O) groups excluding carboxylic acids is 2. The van der Waals surface area contributed by atoms with Crippen LogP contribution in [0.15, 0.2) is 53.4 Å². The number of carbonyl (C=O) groups is 2. The molecule has 1 N–H and O–H groups in total. The van der Waals surface area contributed by atoms with Gasteiger partial charge in [-0.25, -0.2) is 13.2 Å². The van der Waals surface area contributed by atoms with E-state index in [2.05, 4.69) is 5.32 Å². The van der Waals surface area contributed by atoms with Crippen molar-refractivity contribution in [2.75, 3.05) is 44.7 Å². The van der Waals surface area contributed by atoms with E-state index in [1.54, 1.807) is 44.2 Å². The smallest absolute Gasteiger partial charge is 0.409 e. The summed E-state index contributed by atoms with van der Waals surface area (Å²) in [7, 11) is -3.83. The number of sulfonamides is 1. The Hall–Kier alpha value is -3.11. The molecule has 2 aromatic rings. The van der Waals surface area contributed by atoms with Gasteiger partial charge in [0, 0.05) is 31.7 Å². The molecule has 0 unspecified atom stereocenters. The Balaban J connectivity index is 1.80. The minimum atomic E-state index is -3.83. The first-order valence-electron chi connectivity index (χ1n) is 10.4. The van der Waals surface area contributed by atoms with Crippen LogP contribution in [-0.2, 0) is 14.8 Å². The van der Waals surface area contributed by atoms with Crippen molar-refractivity contribution in [3.8, 4) is 5.75 Å². The molecule has 0 bridgehead atoms. The second-order valence-corrected chi connectivity index (χ2v) is 8.94. The van der Waals surface area contributed by atoms with Crippen LogP contribution in [0.3, 0.4) is 0 Å². The third-order valence-electron chi connectivity index (χ3n) is 4.94. The number of hydrogen-bond acceptors (Lipinski definition) is 6. The monoisotopic (exact) mass is 461 g/mol. The predicted octanol–water partition coefficient (Wildman–Crippen LogP) is 2.80. The van der Waals surface area contributed by atoms with Gasteiger partial charge in [0.15, 0.2) is 0 Å². The van der Waals surface area contributed by atoms with E-state index in [0.717, 1.165) is 0 Å². The summed E-state index contributed by atoms with van der Waals surface area (Å²) in [5.41, 5.74) is 0.713. The molecule has 0 aromatic heterocycles. The SMILES string of the molecule is CCOC(=O)N1CCN(S(=O)(=O)c2ccc(OCC)c(NC(=O)c3ccccc3)c2)CC1. The van der Waals surface area contributed by atoms with Crippen LogP contribution in [-0.4, -0.2) is 69.0 Å². The van der Waals surface area contributed by atoms with Crippen LogP contribution < -0.4 is 10.1 Å². The van der Waals surface area contributed by atoms with Crippen LogP contribution in [0.2, 0.25) is 0 Å². The zero-order valence-corrected chi connectivity index (χ0v) is 18.9. The van der Waals surface area contributed by atoms with E-state index in [1.807, 2.05) is 0 Å². The van der Waals surface area contributed by atoms with Gasteiger partial charge in [0.1, 0.15) is 5.75 Å². The first-order valence-corrected chi connectivity index (χ1v) is 11.9. The Kier molecular flexibility index (Phi) is 7.70. The fourth-order valence-electron chi connectivity index (χ4n) is 3.31. The third-order valence-corrected chi connectivity index (χ3v) is 6.83. The highest BCUT2D eigenvalue weighted by Gasteiger charge is 2.31. The maximum absolute atomic E-state index is 13.2. The molecular formula is C22H27N3O6S. The summed E-state index contributed by atoms with van der Waals surface area (Å²) in [6.07, 6.45) is -0.448. The average molecular weight is 462 g/mol. The maximum atomic E-state index is 13.2. The highest BCUT2D eigenvalue weighted by atomic mass is 32.2. The molecule has 2 aromatic carbocycles. The summed E-state index contributed by atoms with van der Waals surface area (Å²) >= 11 is 0. The van der Waals surface area contributed by atoms with E-state index in [1.165, 1.54) is 27.4 Å². The van der Waals surface area contributed by atoms with Crippen LogP contribution in [0.4, 0.5) is 10.5 Å². The van der Waals surface area contributed by atoms with Crippen LogP contribution in [0.5, 0.6) is 5.75 Å². The molecule has 1 saturated heterocycles. The van der Waals surface area contributed by atoms with Crippen molar-refractivity contribution >= 4 is 27.7 Å². The standard InChI is InChI=1S/C22H27N3O6S/c1-3-30-20-11-10-18(16-19(20)23-21(26)17-8-6-5-7-9-17)32(28,29)25-14-12-24(13-15-25)22(27)31-4-2/h5-11,16H,3-4,12-15H2,1-2H3,(H,23,26). The van der Waals surface area contributed by atoms with E-state index in [9.17, 15) is 18.0 Å². The van der Waals surface area contributed by atoms with Gasteiger partial charge in [-0.05, 0) is 44.2 Å². The van der Waals surface area contributed by atoms with Gasteiger partial charge in [-0.2, -0.15) is 4.31 Å². The molecular weight excluding hydrogens is 434 g/mol. The molecule has 1 aliphatic rings. The lowest BCUT2D eigenvalue weighted by molar-refractivity contribution is 0.0933. The lowest BCUT2D eigenvalue weighted by atomic mass is 10.2. The Morgan fingerprint density at radius 2 is 1.66 bits per heavy atom. The first-order chi connectivity index (χ1) is 15.4. The maximum Gasteiger partial charge on any atom is 0.409 e. The molecule has 3 rings (SSSR count). The molecule has 0 radical (unpaired) electrons. The number of nitrogens with zero attached hydrogens (tertiary/aromatic N) is 2. The Morgan fingerprint density at radius 3 is 2.28 bits per heavy atom. The first kappa shape index (κ1) is 23.6. The topological polar surface area (TPSA) is 105 Å². The number of anilines is 1. The number of amides is 2. The van der Waals surface area contributed by atoms with Gasteiger partial charge >= 0.3 is 6.09 Å². The number of ether oxygens (including phenoxy) is 2. The quantitative estimate of drug-likeness (QED) is 0.680. The predicted molar refractivity (Wildman–Crippen MR) is 119 cm³/mol. The second kappa shape index (κ2) is 10.5. The molecule has 172 valence electrons. The van der Waals surface area contributed by atoms with Crippen LogP contribution in [0, 0.1) is 0 Å². The zero-order chi connectivity index (χ0) is 23.1. The van der Waals surface area contributed by atoms with Gasteiger partial charge < -0.3 is 19.7 Å². The van der Waals surface area contributed by atoms with Gasteiger partial charge in [-0.1, -0.05) is 18.2 Å². The fourth-order valence-corrected chi connectivity index (χ4v) is 4.76. The normalized spacial score (nSPS) is 14.6. The van der Waals surface area contributed by atoms with Gasteiger partial charge in [0.2, 0.25) is 10.0 Å². The van der Waals surface area contributed by atoms with Crippen molar-refractivity contribution in [3.05, 3.63) is 54.1 Å². The van der Waals surface area contributed by atoms with Gasteiger partial charge in [0.05, 0.1) is 23.8 Å². The number of rotatable bonds is 7. The van der Waals surface area contributed by atoms with E-state index in [0.29, 0.717) is 17.9 Å². The van der Waals surface area contributed by atoms with Gasteiger partial charge in [0.25, 0.3) is 5.91 Å². The summed E-state index contributed by atoms with van der Waals surface area (Å²) in [5.74, 6) is 0.00649. The van der Waals surface area contributed by atoms with Crippen molar-refractivity contribution in [1.29, 1.82) is 0 Å². The van der Waals surface area contributed by atoms with Crippen molar-refractivity contribution in [1.82, 2.24) is 9.21 Å². The van der Waals surface area contributed by atoms with E-state index in [-0.39, 0.29) is 49.3 Å². The number of nitrogens with one attached hydrogen (secondary N) is 1. The molecule has 0 spiro atoms. The molecule has 0 saturated carbocycles. The lowest BCUT2D eigenvalue weighted by Gasteiger charge is -2.33. The summed E-state index contributed by atoms with van der Waals surface area (Å²) in [5, 5.41) is 2.75. The zero-order valence-electron chi connectivity index (χ0n) is 18.1. The molecule has 32 heavy (non-hydrogen) atoms. The van der Waals surface area contributed by atoms with Gasteiger partial charge in [-0.15, -0.1) is 0 Å². The molecule has 9 nitrogen and oxygen atoms in total. The molecule has 1 heterocycles. The van der Waals surface area contributed by atoms with Crippen molar-refractivity contribution in [2.24, 2.45) is 0 Å². The van der Waals surface area contributed by atoms with E-state index < -0.39 is 16.1 Å². The Bertz CT molecular complexity index is 1050. The number of hydrogen-bond donors (Lipinski definition) is 1. The number of benzene rings is 2. The summed E-state index contributed by atoms with van der Waals surface area (Å²) < 4.78 is 38.3. The molecule has 1 aliphatic heterocycles. The highest BCUT2D eigenvalue weighted by Crippen LogP contribution is 2.30. The second-order valence-electron chi connectivity index (χ2n) is 7.00. The van der Waals surface area contributed by atoms with Crippen LogP contribution >= 0.6 is 0 Å². The minimum absolute atomic E-state index is 0.0360. The lowest BCUT2D eigenvalue weighted by Crippen LogP contribution is -2.50. The largest absolute Gasteiger partial charge is 0.492 e. The summed E-state index contributed by atoms with van der Waals surface area (Å²) in [6.45, 7) is 4.94. The van der Waals surface area contributed by atoms with E-state index in [4.69, 9.17) is 9.47 Å². The Morgan fingerprint density at radius 1 is 0.969 bits per heavy atom. The third kappa shape index (κ3) is 5.38. The molecule has 0 atom stereocenters. The molecule has 10 heteroatoms. The number of piperazine rings is 1. The highest BCUT2D eigenvalue weighted by molar-refractivity contribution is 7.89. The van der Waals surface area contributed by atoms with Crippen LogP contribution in [0.25, 0.3) is 0 Å².